The van der Waals surface area contributed by atoms with E-state index >= 15 is 0 Å². The molecule has 2 unspecified atom stereocenters. The zero-order valence-corrected chi connectivity index (χ0v) is 29.0. The number of ether oxygens (including phenoxy) is 1. The second kappa shape index (κ2) is 18.0. The van der Waals surface area contributed by atoms with Gasteiger partial charge in [-0.2, -0.15) is 0 Å². The van der Waals surface area contributed by atoms with Gasteiger partial charge in [-0.15, -0.1) is 0 Å². The van der Waals surface area contributed by atoms with Gasteiger partial charge in [-0.3, -0.25) is 9.59 Å². The minimum absolute atomic E-state index is 0.0772. The Kier molecular flexibility index (Phi) is 14.4. The normalized spacial score (nSPS) is 15.1. The van der Waals surface area contributed by atoms with E-state index in [1.807, 2.05) is 26.0 Å². The predicted molar refractivity (Wildman–Crippen MR) is 184 cm³/mol. The molecule has 2 aromatic carbocycles. The van der Waals surface area contributed by atoms with E-state index in [4.69, 9.17) is 4.74 Å². The second-order valence-electron chi connectivity index (χ2n) is 14.0. The van der Waals surface area contributed by atoms with Crippen LogP contribution in [0.1, 0.15) is 127 Å². The maximum Gasteiger partial charge on any atom is 0.408 e. The molecule has 2 aromatic rings. The summed E-state index contributed by atoms with van der Waals surface area (Å²) >= 11 is 0. The summed E-state index contributed by atoms with van der Waals surface area (Å²) < 4.78 is 5.58. The molecule has 0 radical (unpaired) electrons. The number of unbranched alkanes of at least 4 members (excludes halogenated alkanes) is 5. The van der Waals surface area contributed by atoms with E-state index < -0.39 is 23.8 Å². The molecule has 0 spiro atoms. The van der Waals surface area contributed by atoms with Crippen molar-refractivity contribution >= 4 is 17.9 Å². The average molecular weight is 636 g/mol. The number of carbonyl (C=O) groups excluding carboxylic acids is 3. The van der Waals surface area contributed by atoms with Crippen molar-refractivity contribution in [2.24, 2.45) is 0 Å². The fourth-order valence-corrected chi connectivity index (χ4v) is 6.31. The number of aryl methyl sites for hydroxylation is 2. The summed E-state index contributed by atoms with van der Waals surface area (Å²) in [4.78, 5) is 43.9. The van der Waals surface area contributed by atoms with Crippen LogP contribution in [0.25, 0.3) is 0 Å². The lowest BCUT2D eigenvalue weighted by Crippen LogP contribution is -2.54. The third-order valence-electron chi connectivity index (χ3n) is 8.47. The van der Waals surface area contributed by atoms with Crippen molar-refractivity contribution in [1.82, 2.24) is 15.5 Å². The summed E-state index contributed by atoms with van der Waals surface area (Å²) in [6.45, 7) is 11.9. The molecule has 3 N–H and O–H groups in total. The van der Waals surface area contributed by atoms with Crippen molar-refractivity contribution in [2.45, 2.75) is 142 Å². The van der Waals surface area contributed by atoms with Gasteiger partial charge in [-0.05, 0) is 77.1 Å². The Morgan fingerprint density at radius 2 is 1.52 bits per heavy atom. The molecule has 2 atom stereocenters. The molecule has 8 heteroatoms. The molecule has 46 heavy (non-hydrogen) atoms. The lowest BCUT2D eigenvalue weighted by atomic mass is 9.93. The monoisotopic (exact) mass is 635 g/mol. The first-order valence-corrected chi connectivity index (χ1v) is 17.3. The molecular weight excluding hydrogens is 578 g/mol. The van der Waals surface area contributed by atoms with Crippen molar-refractivity contribution in [2.75, 3.05) is 6.54 Å². The van der Waals surface area contributed by atoms with Crippen LogP contribution >= 0.6 is 0 Å². The molecule has 0 saturated heterocycles. The number of hydrogen-bond acceptors (Lipinski definition) is 5. The van der Waals surface area contributed by atoms with E-state index in [1.54, 1.807) is 49.9 Å². The van der Waals surface area contributed by atoms with Gasteiger partial charge in [0.1, 0.15) is 23.4 Å². The molecule has 1 fully saturated rings. The van der Waals surface area contributed by atoms with Gasteiger partial charge in [0.15, 0.2) is 0 Å². The average Bonchev–Trinajstić information content (AvgIpc) is 2.97. The number of alkyl carbamates (subject to hydrolysis) is 1. The third-order valence-corrected chi connectivity index (χ3v) is 8.47. The van der Waals surface area contributed by atoms with Gasteiger partial charge in [0.05, 0.1) is 0 Å². The molecule has 254 valence electrons. The van der Waals surface area contributed by atoms with Gasteiger partial charge in [-0.25, -0.2) is 4.79 Å². The smallest absolute Gasteiger partial charge is 0.408 e. The SMILES string of the molecule is CCCCCCCCN(C(=O)C(Cc1ccc(O)cc1)NC(=O)OC(C)(C)C)C(C(=O)NC1CCCCC1)c1cc(C)cc(C)c1. The lowest BCUT2D eigenvalue weighted by Gasteiger charge is -2.36. The molecule has 0 aromatic heterocycles. The Morgan fingerprint density at radius 1 is 0.913 bits per heavy atom. The number of nitrogens with one attached hydrogen (secondary N) is 2. The van der Waals surface area contributed by atoms with E-state index in [-0.39, 0.29) is 30.0 Å². The lowest BCUT2D eigenvalue weighted by molar-refractivity contribution is -0.143. The summed E-state index contributed by atoms with van der Waals surface area (Å²) in [5, 5.41) is 16.0. The Balaban J connectivity index is 2.04. The number of hydrogen-bond donors (Lipinski definition) is 3. The second-order valence-corrected chi connectivity index (χ2v) is 14.0. The number of aromatic hydroxyl groups is 1. The molecule has 3 rings (SSSR count). The topological polar surface area (TPSA) is 108 Å². The molecule has 1 saturated carbocycles. The Bertz CT molecular complexity index is 1240. The number of phenols is 1. The standard InChI is InChI=1S/C38H57N3O5/c1-7-8-9-10-11-15-22-41(34(30-24-27(2)23-28(3)25-30)35(43)39-31-16-13-12-14-17-31)36(44)33(40-37(45)46-38(4,5)6)26-29-18-20-32(42)21-19-29/h18-21,23-25,31,33-34,42H,7-17,22,26H2,1-6H3,(H,39,43)(H,40,45). The minimum atomic E-state index is -0.990. The summed E-state index contributed by atoms with van der Waals surface area (Å²) in [5.74, 6) is -0.405. The first kappa shape index (κ1) is 36.9. The highest BCUT2D eigenvalue weighted by atomic mass is 16.6. The van der Waals surface area contributed by atoms with Crippen molar-refractivity contribution in [3.05, 3.63) is 64.7 Å². The highest BCUT2D eigenvalue weighted by molar-refractivity contribution is 5.92. The molecular formula is C38H57N3O5. The van der Waals surface area contributed by atoms with Crippen LogP contribution in [-0.4, -0.2) is 52.1 Å². The number of nitrogens with zero attached hydrogens (tertiary/aromatic N) is 1. The first-order chi connectivity index (χ1) is 21.9. The highest BCUT2D eigenvalue weighted by Gasteiger charge is 2.37. The number of benzene rings is 2. The molecule has 0 heterocycles. The Hall–Kier alpha value is -3.55. The van der Waals surface area contributed by atoms with Crippen LogP contribution < -0.4 is 10.6 Å². The van der Waals surface area contributed by atoms with Gasteiger partial charge in [0, 0.05) is 19.0 Å². The highest BCUT2D eigenvalue weighted by Crippen LogP contribution is 2.28. The van der Waals surface area contributed by atoms with Crippen molar-refractivity contribution in [3.63, 3.8) is 0 Å². The fourth-order valence-electron chi connectivity index (χ4n) is 6.31. The molecule has 0 aliphatic heterocycles. The van der Waals surface area contributed by atoms with E-state index in [2.05, 4.69) is 23.6 Å². The number of amides is 3. The van der Waals surface area contributed by atoms with Crippen LogP contribution in [0.5, 0.6) is 5.75 Å². The number of phenolic OH excluding ortho intramolecular Hbond substituents is 1. The van der Waals surface area contributed by atoms with Gasteiger partial charge >= 0.3 is 6.09 Å². The van der Waals surface area contributed by atoms with E-state index in [0.29, 0.717) is 6.54 Å². The Morgan fingerprint density at radius 3 is 2.13 bits per heavy atom. The quantitative estimate of drug-likeness (QED) is 0.173. The first-order valence-electron chi connectivity index (χ1n) is 17.3. The predicted octanol–water partition coefficient (Wildman–Crippen LogP) is 7.82. The number of rotatable bonds is 15. The van der Waals surface area contributed by atoms with Crippen molar-refractivity contribution in [3.8, 4) is 5.75 Å². The Labute approximate surface area is 276 Å². The van der Waals surface area contributed by atoms with Crippen LogP contribution in [0.15, 0.2) is 42.5 Å². The van der Waals surface area contributed by atoms with Crippen molar-refractivity contribution in [1.29, 1.82) is 0 Å². The third kappa shape index (κ3) is 12.3. The van der Waals surface area contributed by atoms with E-state index in [0.717, 1.165) is 80.0 Å². The number of carbonyl (C=O) groups is 3. The molecule has 1 aliphatic rings. The molecule has 8 nitrogen and oxygen atoms in total. The summed E-state index contributed by atoms with van der Waals surface area (Å²) in [7, 11) is 0. The summed E-state index contributed by atoms with van der Waals surface area (Å²) in [6, 6.07) is 10.9. The van der Waals surface area contributed by atoms with Gasteiger partial charge in [0.25, 0.3) is 0 Å². The van der Waals surface area contributed by atoms with Crippen molar-refractivity contribution < 1.29 is 24.2 Å². The molecule has 1 aliphatic carbocycles. The van der Waals surface area contributed by atoms with Gasteiger partial charge in [0.2, 0.25) is 11.8 Å². The molecule has 0 bridgehead atoms. The summed E-state index contributed by atoms with van der Waals surface area (Å²) in [6.07, 6.45) is 10.9. The molecule has 3 amide bonds. The fraction of sp³-hybridized carbons (Fsp3) is 0.605. The van der Waals surface area contributed by atoms with Gasteiger partial charge in [-0.1, -0.05) is 99.7 Å². The van der Waals surface area contributed by atoms with Crippen LogP contribution in [0, 0.1) is 13.8 Å². The summed E-state index contributed by atoms with van der Waals surface area (Å²) in [5.41, 5.74) is 2.82. The van der Waals surface area contributed by atoms with Crippen LogP contribution in [-0.2, 0) is 20.7 Å². The van der Waals surface area contributed by atoms with Gasteiger partial charge < -0.3 is 25.4 Å². The minimum Gasteiger partial charge on any atom is -0.508 e. The zero-order chi connectivity index (χ0) is 33.7. The van der Waals surface area contributed by atoms with E-state index in [9.17, 15) is 19.5 Å². The largest absolute Gasteiger partial charge is 0.508 e. The van der Waals surface area contributed by atoms with Crippen LogP contribution in [0.2, 0.25) is 0 Å². The van der Waals surface area contributed by atoms with Crippen LogP contribution in [0.3, 0.4) is 0 Å². The maximum absolute atomic E-state index is 14.8. The van der Waals surface area contributed by atoms with E-state index in [1.165, 1.54) is 12.8 Å². The maximum atomic E-state index is 14.8. The zero-order valence-electron chi connectivity index (χ0n) is 29.0. The van der Waals surface area contributed by atoms with Crippen LogP contribution in [0.4, 0.5) is 4.79 Å².